The van der Waals surface area contributed by atoms with Gasteiger partial charge in [-0.3, -0.25) is 10.1 Å². The van der Waals surface area contributed by atoms with Gasteiger partial charge in [-0.05, 0) is 70.5 Å². The molecule has 0 saturated heterocycles. The molecule has 0 unspecified atom stereocenters. The number of para-hydroxylation sites is 1. The van der Waals surface area contributed by atoms with Crippen LogP contribution in [-0.2, 0) is 13.0 Å². The fourth-order valence-corrected chi connectivity index (χ4v) is 5.75. The first-order valence-corrected chi connectivity index (χ1v) is 12.2. The zero-order chi connectivity index (χ0) is 25.5. The first-order valence-electron chi connectivity index (χ1n) is 12.2. The molecule has 4 aromatic carbocycles. The van der Waals surface area contributed by atoms with Crippen LogP contribution in [0.3, 0.4) is 0 Å². The second kappa shape index (κ2) is 9.09. The molecule has 7 heteroatoms. The number of nitrogens with one attached hydrogen (secondary N) is 1. The van der Waals surface area contributed by atoms with Crippen molar-refractivity contribution in [2.45, 2.75) is 25.0 Å². The lowest BCUT2D eigenvalue weighted by Gasteiger charge is -2.38. The maximum absolute atomic E-state index is 12.0. The fourth-order valence-electron chi connectivity index (χ4n) is 5.75. The average Bonchev–Trinajstić information content (AvgIpc) is 3.31. The Morgan fingerprint density at radius 1 is 0.946 bits per heavy atom. The molecular formula is C30H24N2O5. The highest BCUT2D eigenvalue weighted by Crippen LogP contribution is 2.54. The van der Waals surface area contributed by atoms with Crippen molar-refractivity contribution in [1.29, 1.82) is 0 Å². The summed E-state index contributed by atoms with van der Waals surface area (Å²) in [6.45, 7) is 0.300. The normalized spacial score (nSPS) is 19.2. The lowest BCUT2D eigenvalue weighted by atomic mass is 9.75. The van der Waals surface area contributed by atoms with Gasteiger partial charge in [0, 0.05) is 18.1 Å². The predicted octanol–water partition coefficient (Wildman–Crippen LogP) is 6.34. The molecule has 0 radical (unpaired) electrons. The van der Waals surface area contributed by atoms with Crippen LogP contribution in [0.2, 0.25) is 0 Å². The molecule has 3 atom stereocenters. The Morgan fingerprint density at radius 3 is 2.41 bits per heavy atom. The molecule has 7 nitrogen and oxygen atoms in total. The molecule has 0 spiro atoms. The van der Waals surface area contributed by atoms with E-state index in [4.69, 9.17) is 4.74 Å². The second-order valence-corrected chi connectivity index (χ2v) is 9.52. The Kier molecular flexibility index (Phi) is 5.60. The van der Waals surface area contributed by atoms with Gasteiger partial charge in [-0.25, -0.2) is 4.79 Å². The topological polar surface area (TPSA) is 102 Å². The number of nitro benzene ring substituents is 1. The van der Waals surface area contributed by atoms with Crippen LogP contribution < -0.4 is 10.1 Å². The zero-order valence-electron chi connectivity index (χ0n) is 19.8. The number of non-ortho nitro benzene ring substituents is 1. The van der Waals surface area contributed by atoms with E-state index in [1.165, 1.54) is 23.3 Å². The molecular weight excluding hydrogens is 468 g/mol. The monoisotopic (exact) mass is 492 g/mol. The van der Waals surface area contributed by atoms with Crippen LogP contribution in [0.1, 0.15) is 50.1 Å². The molecule has 0 aromatic heterocycles. The highest BCUT2D eigenvalue weighted by atomic mass is 16.6. The highest BCUT2D eigenvalue weighted by molar-refractivity contribution is 5.96. The number of nitro groups is 1. The van der Waals surface area contributed by atoms with Crippen molar-refractivity contribution in [3.63, 3.8) is 0 Å². The van der Waals surface area contributed by atoms with Gasteiger partial charge in [0.15, 0.2) is 0 Å². The Labute approximate surface area is 213 Å². The lowest BCUT2D eigenvalue weighted by Crippen LogP contribution is -2.31. The van der Waals surface area contributed by atoms with Crippen molar-refractivity contribution in [3.05, 3.63) is 134 Å². The molecule has 184 valence electrons. The third kappa shape index (κ3) is 4.08. The fraction of sp³-hybridized carbons (Fsp3) is 0.167. The first-order chi connectivity index (χ1) is 18.0. The summed E-state index contributed by atoms with van der Waals surface area (Å²) in [5.41, 5.74) is 6.54. The van der Waals surface area contributed by atoms with E-state index in [0.717, 1.165) is 23.1 Å². The summed E-state index contributed by atoms with van der Waals surface area (Å²) in [6, 6.07) is 28.1. The molecule has 0 fully saturated rings. The van der Waals surface area contributed by atoms with Gasteiger partial charge in [0.25, 0.3) is 5.69 Å². The predicted molar refractivity (Wildman–Crippen MR) is 139 cm³/mol. The summed E-state index contributed by atoms with van der Waals surface area (Å²) < 4.78 is 5.91. The van der Waals surface area contributed by atoms with E-state index in [1.54, 1.807) is 18.2 Å². The third-order valence-electron chi connectivity index (χ3n) is 7.46. The molecule has 6 rings (SSSR count). The molecule has 0 bridgehead atoms. The Bertz CT molecular complexity index is 1500. The highest BCUT2D eigenvalue weighted by Gasteiger charge is 2.44. The van der Waals surface area contributed by atoms with Crippen LogP contribution in [0.25, 0.3) is 0 Å². The largest absolute Gasteiger partial charge is 0.489 e. The molecule has 1 heterocycles. The minimum atomic E-state index is -0.942. The summed E-state index contributed by atoms with van der Waals surface area (Å²) in [5, 5.41) is 24.3. The van der Waals surface area contributed by atoms with Gasteiger partial charge >= 0.3 is 5.97 Å². The lowest BCUT2D eigenvalue weighted by molar-refractivity contribution is -0.384. The summed E-state index contributed by atoms with van der Waals surface area (Å²) in [6.07, 6.45) is 0.910. The molecule has 1 aliphatic carbocycles. The van der Waals surface area contributed by atoms with Crippen molar-refractivity contribution in [3.8, 4) is 5.75 Å². The van der Waals surface area contributed by atoms with Crippen LogP contribution in [0.15, 0.2) is 91.0 Å². The average molecular weight is 493 g/mol. The maximum Gasteiger partial charge on any atom is 0.337 e. The van der Waals surface area contributed by atoms with Crippen molar-refractivity contribution >= 4 is 17.3 Å². The number of anilines is 1. The van der Waals surface area contributed by atoms with Crippen LogP contribution >= 0.6 is 0 Å². The number of carbonyl (C=O) groups is 1. The SMILES string of the molecule is O=C(O)c1cccc2c1N[C@H](c1ccc(OCc3ccc([N+](=O)[O-])cc3)cc1)[C@@H]1Cc3ccccc3[C@H]21. The number of rotatable bonds is 6. The molecule has 37 heavy (non-hydrogen) atoms. The number of benzene rings is 4. The number of carboxylic acids is 1. The standard InChI is InChI=1S/C30H24N2O5/c33-30(34)25-7-3-6-24-27-23-5-2-1-4-20(23)16-26(27)28(31-29(24)25)19-10-14-22(15-11-19)37-17-18-8-12-21(13-9-18)32(35)36/h1-15,26-28,31H,16-17H2,(H,33,34)/t26-,27-,28-/m1/s1. The first kappa shape index (κ1) is 22.8. The summed E-state index contributed by atoms with van der Waals surface area (Å²) in [7, 11) is 0. The van der Waals surface area contributed by atoms with Gasteiger partial charge in [-0.2, -0.15) is 0 Å². The second-order valence-electron chi connectivity index (χ2n) is 9.52. The van der Waals surface area contributed by atoms with Crippen LogP contribution in [0.5, 0.6) is 5.75 Å². The maximum atomic E-state index is 12.0. The molecule has 2 aliphatic rings. The quantitative estimate of drug-likeness (QED) is 0.240. The molecule has 4 aromatic rings. The van der Waals surface area contributed by atoms with E-state index in [0.29, 0.717) is 18.0 Å². The van der Waals surface area contributed by atoms with Crippen molar-refractivity contribution < 1.29 is 19.6 Å². The number of nitrogens with zero attached hydrogens (tertiary/aromatic N) is 1. The van der Waals surface area contributed by atoms with Crippen molar-refractivity contribution in [2.24, 2.45) is 5.92 Å². The third-order valence-corrected chi connectivity index (χ3v) is 7.46. The van der Waals surface area contributed by atoms with E-state index in [1.807, 2.05) is 36.4 Å². The minimum absolute atomic E-state index is 0.0491. The Hall–Kier alpha value is -4.65. The van der Waals surface area contributed by atoms with Crippen molar-refractivity contribution in [1.82, 2.24) is 0 Å². The molecule has 2 N–H and O–H groups in total. The smallest absolute Gasteiger partial charge is 0.337 e. The number of hydrogen-bond acceptors (Lipinski definition) is 5. The van der Waals surface area contributed by atoms with Crippen LogP contribution in [0.4, 0.5) is 11.4 Å². The van der Waals surface area contributed by atoms with Gasteiger partial charge < -0.3 is 15.2 Å². The Morgan fingerprint density at radius 2 is 1.68 bits per heavy atom. The van der Waals surface area contributed by atoms with E-state index >= 15 is 0 Å². The Balaban J connectivity index is 1.28. The van der Waals surface area contributed by atoms with Crippen LogP contribution in [0, 0.1) is 16.0 Å². The van der Waals surface area contributed by atoms with Crippen molar-refractivity contribution in [2.75, 3.05) is 5.32 Å². The van der Waals surface area contributed by atoms with Gasteiger partial charge in [-0.1, -0.05) is 48.5 Å². The molecule has 0 amide bonds. The summed E-state index contributed by atoms with van der Waals surface area (Å²) in [5.74, 6) is 0.120. The number of carboxylic acid groups (broad SMARTS) is 1. The number of ether oxygens (including phenoxy) is 1. The number of aromatic carboxylic acids is 1. The number of hydrogen-bond donors (Lipinski definition) is 2. The van der Waals surface area contributed by atoms with E-state index in [-0.39, 0.29) is 29.1 Å². The van der Waals surface area contributed by atoms with Gasteiger partial charge in [0.2, 0.25) is 0 Å². The number of fused-ring (bicyclic) bond motifs is 5. The van der Waals surface area contributed by atoms with Gasteiger partial charge in [0.1, 0.15) is 12.4 Å². The zero-order valence-corrected chi connectivity index (χ0v) is 19.8. The van der Waals surface area contributed by atoms with E-state index < -0.39 is 10.9 Å². The molecule has 1 aliphatic heterocycles. The summed E-state index contributed by atoms with van der Waals surface area (Å²) in [4.78, 5) is 22.5. The van der Waals surface area contributed by atoms with E-state index in [2.05, 4.69) is 29.6 Å². The molecule has 0 saturated carbocycles. The van der Waals surface area contributed by atoms with Crippen LogP contribution in [-0.4, -0.2) is 16.0 Å². The summed E-state index contributed by atoms with van der Waals surface area (Å²) >= 11 is 0. The minimum Gasteiger partial charge on any atom is -0.489 e. The van der Waals surface area contributed by atoms with Gasteiger partial charge in [0.05, 0.1) is 22.2 Å². The van der Waals surface area contributed by atoms with Gasteiger partial charge in [-0.15, -0.1) is 0 Å². The van der Waals surface area contributed by atoms with E-state index in [9.17, 15) is 20.0 Å².